The molecule has 3 aromatic rings. The van der Waals surface area contributed by atoms with E-state index in [0.717, 1.165) is 5.56 Å². The number of rotatable bonds is 7. The number of para-hydroxylation sites is 1. The number of carbonyl (C=O) groups excluding carboxylic acids is 2. The van der Waals surface area contributed by atoms with Gasteiger partial charge in [0.25, 0.3) is 0 Å². The molecule has 0 N–H and O–H groups in total. The Balaban J connectivity index is 1.74. The Morgan fingerprint density at radius 2 is 1.76 bits per heavy atom. The van der Waals surface area contributed by atoms with Crippen LogP contribution >= 0.6 is 23.2 Å². The van der Waals surface area contributed by atoms with Crippen LogP contribution in [-0.4, -0.2) is 35.2 Å². The molecular formula is C21H18Cl2N2O4. The summed E-state index contributed by atoms with van der Waals surface area (Å²) in [6.07, 6.45) is 0. The summed E-state index contributed by atoms with van der Waals surface area (Å²) >= 11 is 12.5. The number of benzene rings is 2. The summed E-state index contributed by atoms with van der Waals surface area (Å²) in [5.41, 5.74) is 1.66. The Morgan fingerprint density at radius 3 is 2.48 bits per heavy atom. The third-order valence-corrected chi connectivity index (χ3v) is 5.04. The molecule has 0 unspecified atom stereocenters. The van der Waals surface area contributed by atoms with Crippen LogP contribution in [0.25, 0.3) is 0 Å². The Morgan fingerprint density at radius 1 is 1.07 bits per heavy atom. The second kappa shape index (κ2) is 9.11. The Kier molecular flexibility index (Phi) is 6.56. The SMILES string of the molecule is COc1ccccc1C(=O)COC(=O)c1c(C)nn(Cc2ccccc2Cl)c1Cl. The maximum atomic E-state index is 12.5. The molecule has 0 saturated heterocycles. The number of esters is 1. The van der Waals surface area contributed by atoms with E-state index in [1.807, 2.05) is 18.2 Å². The van der Waals surface area contributed by atoms with Gasteiger partial charge in [0.2, 0.25) is 5.78 Å². The van der Waals surface area contributed by atoms with E-state index in [2.05, 4.69) is 5.10 Å². The van der Waals surface area contributed by atoms with E-state index in [4.69, 9.17) is 32.7 Å². The van der Waals surface area contributed by atoms with Gasteiger partial charge in [-0.15, -0.1) is 0 Å². The molecule has 0 aliphatic carbocycles. The number of ketones is 1. The van der Waals surface area contributed by atoms with Crippen LogP contribution in [0.5, 0.6) is 5.75 Å². The predicted molar refractivity (Wildman–Crippen MR) is 110 cm³/mol. The van der Waals surface area contributed by atoms with Gasteiger partial charge in [-0.2, -0.15) is 5.10 Å². The molecule has 0 radical (unpaired) electrons. The molecule has 0 saturated carbocycles. The normalized spacial score (nSPS) is 10.6. The first-order valence-electron chi connectivity index (χ1n) is 8.72. The summed E-state index contributed by atoms with van der Waals surface area (Å²) in [7, 11) is 1.47. The van der Waals surface area contributed by atoms with Crippen molar-refractivity contribution in [3.8, 4) is 5.75 Å². The Bertz CT molecular complexity index is 1060. The van der Waals surface area contributed by atoms with Crippen molar-refractivity contribution < 1.29 is 19.1 Å². The number of methoxy groups -OCH3 is 1. The third-order valence-electron chi connectivity index (χ3n) is 4.29. The first-order valence-corrected chi connectivity index (χ1v) is 9.47. The van der Waals surface area contributed by atoms with Crippen LogP contribution in [0.1, 0.15) is 32.0 Å². The van der Waals surface area contributed by atoms with Crippen molar-refractivity contribution in [3.63, 3.8) is 0 Å². The van der Waals surface area contributed by atoms with Crippen LogP contribution in [0, 0.1) is 6.92 Å². The van der Waals surface area contributed by atoms with Crippen molar-refractivity contribution in [2.24, 2.45) is 0 Å². The number of ether oxygens (including phenoxy) is 2. The van der Waals surface area contributed by atoms with Crippen molar-refractivity contribution in [1.82, 2.24) is 9.78 Å². The molecule has 6 nitrogen and oxygen atoms in total. The molecule has 0 bridgehead atoms. The minimum Gasteiger partial charge on any atom is -0.496 e. The van der Waals surface area contributed by atoms with Gasteiger partial charge in [-0.3, -0.25) is 4.79 Å². The smallest absolute Gasteiger partial charge is 0.343 e. The number of aryl methyl sites for hydroxylation is 1. The van der Waals surface area contributed by atoms with E-state index in [1.54, 1.807) is 37.3 Å². The van der Waals surface area contributed by atoms with E-state index in [9.17, 15) is 9.59 Å². The van der Waals surface area contributed by atoms with Gasteiger partial charge in [-0.25, -0.2) is 9.48 Å². The molecule has 2 aromatic carbocycles. The zero-order chi connectivity index (χ0) is 21.0. The molecule has 8 heteroatoms. The number of Topliss-reactive ketones (excluding diaryl/α,β-unsaturated/α-hetero) is 1. The van der Waals surface area contributed by atoms with Gasteiger partial charge in [0.15, 0.2) is 6.61 Å². The lowest BCUT2D eigenvalue weighted by molar-refractivity contribution is 0.0473. The third kappa shape index (κ3) is 4.60. The molecule has 1 aromatic heterocycles. The molecule has 150 valence electrons. The number of carbonyl (C=O) groups is 2. The highest BCUT2D eigenvalue weighted by molar-refractivity contribution is 6.33. The highest BCUT2D eigenvalue weighted by Crippen LogP contribution is 2.24. The molecule has 0 aliphatic rings. The van der Waals surface area contributed by atoms with E-state index in [1.165, 1.54) is 11.8 Å². The molecule has 0 fully saturated rings. The summed E-state index contributed by atoms with van der Waals surface area (Å²) in [4.78, 5) is 24.9. The monoisotopic (exact) mass is 432 g/mol. The molecule has 3 rings (SSSR count). The van der Waals surface area contributed by atoms with E-state index in [0.29, 0.717) is 28.6 Å². The molecule has 0 amide bonds. The average Bonchev–Trinajstić information content (AvgIpc) is 3.00. The highest BCUT2D eigenvalue weighted by Gasteiger charge is 2.23. The predicted octanol–water partition coefficient (Wildman–Crippen LogP) is 4.59. The van der Waals surface area contributed by atoms with Crippen molar-refractivity contribution in [2.45, 2.75) is 13.5 Å². The number of aromatic nitrogens is 2. The summed E-state index contributed by atoms with van der Waals surface area (Å²) in [5.74, 6) is -0.690. The quantitative estimate of drug-likeness (QED) is 0.403. The van der Waals surface area contributed by atoms with Crippen LogP contribution in [-0.2, 0) is 11.3 Å². The van der Waals surface area contributed by atoms with Crippen molar-refractivity contribution in [2.75, 3.05) is 13.7 Å². The minimum absolute atomic E-state index is 0.117. The summed E-state index contributed by atoms with van der Waals surface area (Å²) in [6, 6.07) is 14.0. The van der Waals surface area contributed by atoms with Gasteiger partial charge in [0.1, 0.15) is 16.5 Å². The lowest BCUT2D eigenvalue weighted by Gasteiger charge is -2.08. The Hall–Kier alpha value is -2.83. The fraction of sp³-hybridized carbons (Fsp3) is 0.190. The van der Waals surface area contributed by atoms with Gasteiger partial charge >= 0.3 is 5.97 Å². The average molecular weight is 433 g/mol. The maximum Gasteiger partial charge on any atom is 0.343 e. The van der Waals surface area contributed by atoms with Gasteiger partial charge in [-0.1, -0.05) is 53.5 Å². The number of hydrogen-bond donors (Lipinski definition) is 0. The zero-order valence-electron chi connectivity index (χ0n) is 15.8. The molecular weight excluding hydrogens is 415 g/mol. The fourth-order valence-electron chi connectivity index (χ4n) is 2.83. The summed E-state index contributed by atoms with van der Waals surface area (Å²) in [6.45, 7) is 1.51. The van der Waals surface area contributed by atoms with Crippen molar-refractivity contribution in [3.05, 3.63) is 81.1 Å². The Labute approximate surface area is 177 Å². The number of halogens is 2. The summed E-state index contributed by atoms with van der Waals surface area (Å²) in [5, 5.41) is 5.00. The first kappa shape index (κ1) is 20.9. The lowest BCUT2D eigenvalue weighted by atomic mass is 10.1. The number of nitrogens with zero attached hydrogens (tertiary/aromatic N) is 2. The van der Waals surface area contributed by atoms with Gasteiger partial charge < -0.3 is 9.47 Å². The van der Waals surface area contributed by atoms with Gasteiger partial charge in [-0.05, 0) is 30.7 Å². The maximum absolute atomic E-state index is 12.5. The van der Waals surface area contributed by atoms with E-state index in [-0.39, 0.29) is 16.5 Å². The van der Waals surface area contributed by atoms with Crippen molar-refractivity contribution in [1.29, 1.82) is 0 Å². The minimum atomic E-state index is -0.721. The van der Waals surface area contributed by atoms with E-state index < -0.39 is 12.6 Å². The van der Waals surface area contributed by atoms with Crippen molar-refractivity contribution >= 4 is 35.0 Å². The topological polar surface area (TPSA) is 70.4 Å². The van der Waals surface area contributed by atoms with E-state index >= 15 is 0 Å². The van der Waals surface area contributed by atoms with Crippen LogP contribution in [0.3, 0.4) is 0 Å². The molecule has 1 heterocycles. The fourth-order valence-corrected chi connectivity index (χ4v) is 3.34. The second-order valence-electron chi connectivity index (χ2n) is 6.20. The van der Waals surface area contributed by atoms with Crippen LogP contribution in [0.2, 0.25) is 10.2 Å². The number of hydrogen-bond acceptors (Lipinski definition) is 5. The molecule has 0 atom stereocenters. The lowest BCUT2D eigenvalue weighted by Crippen LogP contribution is -2.15. The zero-order valence-corrected chi connectivity index (χ0v) is 17.3. The van der Waals surface area contributed by atoms with Crippen LogP contribution < -0.4 is 4.74 Å². The van der Waals surface area contributed by atoms with Gasteiger partial charge in [0.05, 0.1) is 24.9 Å². The van der Waals surface area contributed by atoms with Gasteiger partial charge in [0, 0.05) is 5.02 Å². The standard InChI is InChI=1S/C21H18Cl2N2O4/c1-13-19(20(23)25(24-13)11-14-7-3-5-9-16(14)22)21(27)29-12-17(26)15-8-4-6-10-18(15)28-2/h3-10H,11-12H2,1-2H3. The highest BCUT2D eigenvalue weighted by atomic mass is 35.5. The first-order chi connectivity index (χ1) is 13.9. The largest absolute Gasteiger partial charge is 0.496 e. The molecule has 0 aliphatic heterocycles. The van der Waals surface area contributed by atoms with Crippen LogP contribution in [0.15, 0.2) is 48.5 Å². The molecule has 0 spiro atoms. The summed E-state index contributed by atoms with van der Waals surface area (Å²) < 4.78 is 11.8. The van der Waals surface area contributed by atoms with Crippen LogP contribution in [0.4, 0.5) is 0 Å². The molecule has 29 heavy (non-hydrogen) atoms. The second-order valence-corrected chi connectivity index (χ2v) is 6.97.